The number of carbonyl (C=O) groups excluding carboxylic acids is 2. The molecule has 0 radical (unpaired) electrons. The van der Waals surface area contributed by atoms with Crippen molar-refractivity contribution in [3.8, 4) is 5.75 Å². The summed E-state index contributed by atoms with van der Waals surface area (Å²) in [5.74, 6) is -1.13. The van der Waals surface area contributed by atoms with Crippen LogP contribution in [0.5, 0.6) is 5.75 Å². The van der Waals surface area contributed by atoms with Gasteiger partial charge in [-0.25, -0.2) is 0 Å². The van der Waals surface area contributed by atoms with Crippen LogP contribution in [0.25, 0.3) is 5.76 Å². The van der Waals surface area contributed by atoms with E-state index in [2.05, 4.69) is 0 Å². The molecule has 1 atom stereocenters. The molecule has 0 saturated carbocycles. The first-order valence-electron chi connectivity index (χ1n) is 9.43. The van der Waals surface area contributed by atoms with Crippen LogP contribution in [0.2, 0.25) is 0 Å². The number of thiophene rings is 1. The van der Waals surface area contributed by atoms with Gasteiger partial charge in [0.05, 0.1) is 37.0 Å². The molecule has 1 unspecified atom stereocenters. The van der Waals surface area contributed by atoms with Gasteiger partial charge in [-0.3, -0.25) is 9.59 Å². The Balaban J connectivity index is 2.10. The third-order valence-electron chi connectivity index (χ3n) is 4.75. The number of amides is 1. The van der Waals surface area contributed by atoms with Gasteiger partial charge in [-0.15, -0.1) is 11.3 Å². The first-order valence-corrected chi connectivity index (χ1v) is 10.3. The fourth-order valence-corrected chi connectivity index (χ4v) is 4.24. The Bertz CT molecular complexity index is 933. The van der Waals surface area contributed by atoms with Crippen LogP contribution in [0, 0.1) is 6.92 Å². The second-order valence-corrected chi connectivity index (χ2v) is 8.11. The van der Waals surface area contributed by atoms with Crippen molar-refractivity contribution in [2.45, 2.75) is 32.9 Å². The number of Topliss-reactive ketones (excluding diaryl/α,β-unsaturated/α-hetero) is 1. The maximum atomic E-state index is 12.9. The third-order valence-corrected chi connectivity index (χ3v) is 5.67. The second-order valence-electron chi connectivity index (χ2n) is 7.13. The topological polar surface area (TPSA) is 76.1 Å². The van der Waals surface area contributed by atoms with Gasteiger partial charge >= 0.3 is 0 Å². The molecule has 7 heteroatoms. The fourth-order valence-electron chi connectivity index (χ4n) is 3.39. The van der Waals surface area contributed by atoms with Gasteiger partial charge in [-0.2, -0.15) is 0 Å². The van der Waals surface area contributed by atoms with Crippen LogP contribution < -0.4 is 4.74 Å². The minimum Gasteiger partial charge on any atom is -0.507 e. The highest BCUT2D eigenvalue weighted by Gasteiger charge is 2.46. The summed E-state index contributed by atoms with van der Waals surface area (Å²) in [6.45, 7) is 6.27. The second kappa shape index (κ2) is 8.80. The normalized spacial score (nSPS) is 18.7. The Morgan fingerprint density at radius 2 is 2.03 bits per heavy atom. The van der Waals surface area contributed by atoms with E-state index in [-0.39, 0.29) is 24.0 Å². The third kappa shape index (κ3) is 4.21. The van der Waals surface area contributed by atoms with Crippen molar-refractivity contribution < 1.29 is 24.2 Å². The number of ether oxygens (including phenoxy) is 2. The minimum atomic E-state index is -0.700. The van der Waals surface area contributed by atoms with Crippen LogP contribution >= 0.6 is 11.3 Å². The SMILES string of the molecule is COc1ccc(C)cc1/C(O)=C1/C(=O)C(=O)N(CCOC(C)C)C1c1cccs1. The summed E-state index contributed by atoms with van der Waals surface area (Å²) in [6.07, 6.45) is 0.0172. The van der Waals surface area contributed by atoms with E-state index in [1.165, 1.54) is 23.3 Å². The predicted octanol–water partition coefficient (Wildman–Crippen LogP) is 3.91. The number of aliphatic hydroxyl groups excluding tert-OH is 1. The molecule has 6 nitrogen and oxygen atoms in total. The van der Waals surface area contributed by atoms with Gasteiger partial charge in [0, 0.05) is 11.4 Å². The molecular weight excluding hydrogens is 390 g/mol. The summed E-state index contributed by atoms with van der Waals surface area (Å²) in [5.41, 5.74) is 1.37. The van der Waals surface area contributed by atoms with Crippen LogP contribution in [0.3, 0.4) is 0 Å². The maximum absolute atomic E-state index is 12.9. The number of hydrogen-bond acceptors (Lipinski definition) is 6. The average Bonchev–Trinajstić information content (AvgIpc) is 3.29. The van der Waals surface area contributed by atoms with E-state index in [4.69, 9.17) is 9.47 Å². The van der Waals surface area contributed by atoms with Crippen molar-refractivity contribution in [3.05, 3.63) is 57.3 Å². The van der Waals surface area contributed by atoms with Gasteiger partial charge in [-0.1, -0.05) is 17.7 Å². The molecule has 1 aliphatic rings. The Hall–Kier alpha value is -2.64. The van der Waals surface area contributed by atoms with Gasteiger partial charge in [-0.05, 0) is 44.4 Å². The molecule has 1 saturated heterocycles. The van der Waals surface area contributed by atoms with E-state index in [9.17, 15) is 14.7 Å². The number of rotatable bonds is 7. The molecule has 1 N–H and O–H groups in total. The van der Waals surface area contributed by atoms with Gasteiger partial charge < -0.3 is 19.5 Å². The van der Waals surface area contributed by atoms with Gasteiger partial charge in [0.2, 0.25) is 0 Å². The van der Waals surface area contributed by atoms with Crippen molar-refractivity contribution in [1.29, 1.82) is 0 Å². The lowest BCUT2D eigenvalue weighted by molar-refractivity contribution is -0.140. The van der Waals surface area contributed by atoms with Crippen LogP contribution in [-0.2, 0) is 14.3 Å². The Morgan fingerprint density at radius 3 is 2.66 bits per heavy atom. The van der Waals surface area contributed by atoms with Crippen LogP contribution in [0.4, 0.5) is 0 Å². The first-order chi connectivity index (χ1) is 13.8. The number of methoxy groups -OCH3 is 1. The van der Waals surface area contributed by atoms with Crippen molar-refractivity contribution in [2.24, 2.45) is 0 Å². The molecule has 0 spiro atoms. The smallest absolute Gasteiger partial charge is 0.295 e. The zero-order valence-electron chi connectivity index (χ0n) is 17.0. The first kappa shape index (κ1) is 21.1. The standard InChI is InChI=1S/C22H25NO5S/c1-13(2)28-10-9-23-19(17-6-5-11-29-17)18(21(25)22(23)26)20(24)15-12-14(3)7-8-16(15)27-4/h5-8,11-13,19,24H,9-10H2,1-4H3/b20-18-. The molecule has 3 rings (SSSR count). The van der Waals surface area contributed by atoms with E-state index in [0.29, 0.717) is 17.9 Å². The average molecular weight is 416 g/mol. The zero-order valence-corrected chi connectivity index (χ0v) is 17.8. The van der Waals surface area contributed by atoms with Crippen LogP contribution in [0.15, 0.2) is 41.3 Å². The van der Waals surface area contributed by atoms with Crippen molar-refractivity contribution >= 4 is 28.8 Å². The summed E-state index contributed by atoms with van der Waals surface area (Å²) in [6, 6.07) is 8.40. The number of nitrogens with zero attached hydrogens (tertiary/aromatic N) is 1. The summed E-state index contributed by atoms with van der Waals surface area (Å²) < 4.78 is 11.0. The molecule has 1 amide bonds. The molecule has 0 aliphatic carbocycles. The van der Waals surface area contributed by atoms with Crippen molar-refractivity contribution in [2.75, 3.05) is 20.3 Å². The van der Waals surface area contributed by atoms with E-state index in [0.717, 1.165) is 10.4 Å². The number of hydrogen-bond donors (Lipinski definition) is 1. The molecule has 154 valence electrons. The molecular formula is C22H25NO5S. The summed E-state index contributed by atoms with van der Waals surface area (Å²) >= 11 is 1.43. The van der Waals surface area contributed by atoms with E-state index in [1.54, 1.807) is 12.1 Å². The van der Waals surface area contributed by atoms with Crippen LogP contribution in [0.1, 0.15) is 35.9 Å². The number of likely N-dealkylation sites (tertiary alicyclic amines) is 1. The van der Waals surface area contributed by atoms with Crippen molar-refractivity contribution in [1.82, 2.24) is 4.90 Å². The molecule has 2 heterocycles. The Labute approximate surface area is 174 Å². The quantitative estimate of drug-likeness (QED) is 0.422. The lowest BCUT2D eigenvalue weighted by Gasteiger charge is -2.24. The number of aliphatic hydroxyl groups is 1. The molecule has 0 bridgehead atoms. The number of carbonyl (C=O) groups is 2. The summed E-state index contributed by atoms with van der Waals surface area (Å²) in [5, 5.41) is 13.0. The number of ketones is 1. The van der Waals surface area contributed by atoms with E-state index < -0.39 is 17.7 Å². The number of benzene rings is 1. The number of aryl methyl sites for hydroxylation is 1. The highest BCUT2D eigenvalue weighted by atomic mass is 32.1. The largest absolute Gasteiger partial charge is 0.507 e. The molecule has 29 heavy (non-hydrogen) atoms. The summed E-state index contributed by atoms with van der Waals surface area (Å²) in [4.78, 5) is 28.0. The Morgan fingerprint density at radius 1 is 1.28 bits per heavy atom. The van der Waals surface area contributed by atoms with Gasteiger partial charge in [0.1, 0.15) is 11.5 Å². The monoisotopic (exact) mass is 415 g/mol. The molecule has 1 fully saturated rings. The predicted molar refractivity (Wildman–Crippen MR) is 112 cm³/mol. The molecule has 1 aromatic heterocycles. The van der Waals surface area contributed by atoms with Crippen molar-refractivity contribution in [3.63, 3.8) is 0 Å². The zero-order chi connectivity index (χ0) is 21.1. The molecule has 1 aliphatic heterocycles. The maximum Gasteiger partial charge on any atom is 0.295 e. The van der Waals surface area contributed by atoms with E-state index in [1.807, 2.05) is 44.4 Å². The highest BCUT2D eigenvalue weighted by Crippen LogP contribution is 2.42. The van der Waals surface area contributed by atoms with Crippen LogP contribution in [-0.4, -0.2) is 48.1 Å². The fraction of sp³-hybridized carbons (Fsp3) is 0.364. The molecule has 1 aromatic carbocycles. The molecule has 2 aromatic rings. The highest BCUT2D eigenvalue weighted by molar-refractivity contribution is 7.10. The Kier molecular flexibility index (Phi) is 6.39. The summed E-state index contributed by atoms with van der Waals surface area (Å²) in [7, 11) is 1.50. The van der Waals surface area contributed by atoms with Gasteiger partial charge in [0.15, 0.2) is 0 Å². The van der Waals surface area contributed by atoms with Gasteiger partial charge in [0.25, 0.3) is 11.7 Å². The lowest BCUT2D eigenvalue weighted by Crippen LogP contribution is -2.33. The minimum absolute atomic E-state index is 0.0172. The van der Waals surface area contributed by atoms with E-state index >= 15 is 0 Å². The lowest BCUT2D eigenvalue weighted by atomic mass is 9.98.